The highest BCUT2D eigenvalue weighted by atomic mass is 32.1. The Labute approximate surface area is 199 Å². The summed E-state index contributed by atoms with van der Waals surface area (Å²) in [5.41, 5.74) is 8.00. The maximum absolute atomic E-state index is 12.6. The van der Waals surface area contributed by atoms with Crippen molar-refractivity contribution in [2.24, 2.45) is 7.05 Å². The summed E-state index contributed by atoms with van der Waals surface area (Å²) < 4.78 is 10.4. The predicted molar refractivity (Wildman–Crippen MR) is 131 cm³/mol. The van der Waals surface area contributed by atoms with Gasteiger partial charge in [0.1, 0.15) is 6.61 Å². The molecule has 0 N–H and O–H groups in total. The van der Waals surface area contributed by atoms with E-state index in [1.807, 2.05) is 60.1 Å². The predicted octanol–water partition coefficient (Wildman–Crippen LogP) is 3.80. The number of aromatic nitrogens is 5. The van der Waals surface area contributed by atoms with E-state index in [1.165, 1.54) is 0 Å². The van der Waals surface area contributed by atoms with E-state index in [2.05, 4.69) is 32.2 Å². The number of pyridine rings is 1. The molecule has 6 rings (SSSR count). The molecule has 5 aromatic rings. The molecular weight excluding hydrogens is 450 g/mol. The van der Waals surface area contributed by atoms with Gasteiger partial charge in [0.05, 0.1) is 39.3 Å². The van der Waals surface area contributed by atoms with E-state index in [1.54, 1.807) is 20.9 Å². The van der Waals surface area contributed by atoms with Crippen molar-refractivity contribution < 1.29 is 9.53 Å². The lowest BCUT2D eigenvalue weighted by Gasteiger charge is -2.34. The molecule has 1 aromatic carbocycles. The van der Waals surface area contributed by atoms with Crippen LogP contribution in [0.15, 0.2) is 60.6 Å². The zero-order chi connectivity index (χ0) is 23.1. The fraction of sp³-hybridized carbons (Fsp3) is 0.250. The van der Waals surface area contributed by atoms with Crippen LogP contribution in [-0.4, -0.2) is 61.6 Å². The third-order valence-electron chi connectivity index (χ3n) is 6.17. The number of amides is 1. The first kappa shape index (κ1) is 20.7. The fourth-order valence-corrected chi connectivity index (χ4v) is 5.05. The summed E-state index contributed by atoms with van der Waals surface area (Å²) in [5.74, 6) is 0. The molecule has 0 spiro atoms. The van der Waals surface area contributed by atoms with Crippen molar-refractivity contribution in [3.63, 3.8) is 0 Å². The van der Waals surface area contributed by atoms with E-state index in [0.29, 0.717) is 13.1 Å². The molecule has 1 aliphatic rings. The highest BCUT2D eigenvalue weighted by Gasteiger charge is 2.24. The summed E-state index contributed by atoms with van der Waals surface area (Å²) >= 11 is 1.59. The van der Waals surface area contributed by atoms with Gasteiger partial charge in [0.25, 0.3) is 0 Å². The zero-order valence-electron chi connectivity index (χ0n) is 18.7. The Morgan fingerprint density at radius 1 is 1.03 bits per heavy atom. The van der Waals surface area contributed by atoms with Crippen molar-refractivity contribution in [3.8, 4) is 11.1 Å². The molecule has 172 valence electrons. The summed E-state index contributed by atoms with van der Waals surface area (Å²) in [6.07, 6.45) is 7.48. The first-order valence-corrected chi connectivity index (χ1v) is 12.0. The number of hydrogen-bond acceptors (Lipinski definition) is 7. The van der Waals surface area contributed by atoms with E-state index in [0.717, 1.165) is 51.2 Å². The summed E-state index contributed by atoms with van der Waals surface area (Å²) in [4.78, 5) is 20.9. The van der Waals surface area contributed by atoms with Crippen LogP contribution in [0.3, 0.4) is 0 Å². The van der Waals surface area contributed by atoms with E-state index in [9.17, 15) is 4.79 Å². The maximum Gasteiger partial charge on any atom is 0.410 e. The number of carbonyl (C=O) groups is 1. The molecule has 0 unspecified atom stereocenters. The Hall–Kier alpha value is -3.92. The lowest BCUT2D eigenvalue weighted by molar-refractivity contribution is 0.0942. The van der Waals surface area contributed by atoms with Crippen molar-refractivity contribution >= 4 is 38.9 Å². The van der Waals surface area contributed by atoms with Gasteiger partial charge < -0.3 is 14.5 Å². The number of anilines is 1. The molecule has 1 aliphatic heterocycles. The molecule has 0 atom stereocenters. The topological polar surface area (TPSA) is 80.8 Å². The number of aryl methyl sites for hydroxylation is 1. The number of thiazole rings is 1. The van der Waals surface area contributed by atoms with Gasteiger partial charge in [-0.25, -0.2) is 14.3 Å². The molecule has 1 amide bonds. The molecule has 0 bridgehead atoms. The number of nitrogens with zero attached hydrogens (tertiary/aromatic N) is 7. The van der Waals surface area contributed by atoms with Crippen LogP contribution in [0.25, 0.3) is 26.9 Å². The van der Waals surface area contributed by atoms with Crippen molar-refractivity contribution in [1.29, 1.82) is 0 Å². The van der Waals surface area contributed by atoms with E-state index >= 15 is 0 Å². The third-order valence-corrected chi connectivity index (χ3v) is 6.96. The second-order valence-electron chi connectivity index (χ2n) is 8.36. The first-order chi connectivity index (χ1) is 16.6. The first-order valence-electron chi connectivity index (χ1n) is 11.1. The van der Waals surface area contributed by atoms with Crippen LogP contribution in [-0.2, 0) is 18.4 Å². The Morgan fingerprint density at radius 3 is 2.74 bits per heavy atom. The smallest absolute Gasteiger partial charge is 0.410 e. The van der Waals surface area contributed by atoms with Crippen molar-refractivity contribution in [3.05, 3.63) is 66.2 Å². The Morgan fingerprint density at radius 2 is 1.91 bits per heavy atom. The molecule has 4 aromatic heterocycles. The highest BCUT2D eigenvalue weighted by Crippen LogP contribution is 2.26. The second kappa shape index (κ2) is 8.45. The molecule has 9 nitrogen and oxygen atoms in total. The summed E-state index contributed by atoms with van der Waals surface area (Å²) in [5, 5.41) is 8.81. The minimum atomic E-state index is -0.273. The van der Waals surface area contributed by atoms with Crippen LogP contribution in [0.2, 0.25) is 0 Å². The largest absolute Gasteiger partial charge is 0.445 e. The lowest BCUT2D eigenvalue weighted by atomic mass is 10.1. The summed E-state index contributed by atoms with van der Waals surface area (Å²) in [6.45, 7) is 2.94. The van der Waals surface area contributed by atoms with Gasteiger partial charge in [0.15, 0.2) is 0 Å². The quantitative estimate of drug-likeness (QED) is 0.395. The van der Waals surface area contributed by atoms with Gasteiger partial charge >= 0.3 is 6.09 Å². The number of hydrogen-bond donors (Lipinski definition) is 0. The van der Waals surface area contributed by atoms with Crippen molar-refractivity contribution in [2.75, 3.05) is 31.1 Å². The van der Waals surface area contributed by atoms with Gasteiger partial charge in [-0.05, 0) is 23.8 Å². The molecule has 0 saturated carbocycles. The molecule has 5 heterocycles. The van der Waals surface area contributed by atoms with Crippen molar-refractivity contribution in [1.82, 2.24) is 29.3 Å². The number of carbonyl (C=O) groups excluding carboxylic acids is 1. The average molecular weight is 474 g/mol. The standard InChI is InChI=1S/C24H23N7O2S/c1-28-13-19(11-26-28)18-3-5-21-22(12-27-31(21)14-18)29-6-8-30(9-7-29)24(32)33-15-17-2-4-20-23(10-17)34-16-25-20/h2-5,10-14,16H,6-9,15H2,1H3. The lowest BCUT2D eigenvalue weighted by Crippen LogP contribution is -2.48. The molecule has 1 fully saturated rings. The Balaban J connectivity index is 1.08. The third kappa shape index (κ3) is 3.86. The van der Waals surface area contributed by atoms with Gasteiger partial charge in [0, 0.05) is 56.7 Å². The average Bonchev–Trinajstić information content (AvgIpc) is 3.61. The molecule has 0 aliphatic carbocycles. The SMILES string of the molecule is Cn1cc(-c2ccc3c(N4CCN(C(=O)OCc5ccc6ncsc6c5)CC4)cnn3c2)cn1. The molecule has 10 heteroatoms. The number of rotatable bonds is 4. The zero-order valence-corrected chi connectivity index (χ0v) is 19.5. The van der Waals surface area contributed by atoms with Gasteiger partial charge in [-0.2, -0.15) is 10.2 Å². The van der Waals surface area contributed by atoms with Crippen LogP contribution < -0.4 is 4.90 Å². The van der Waals surface area contributed by atoms with E-state index < -0.39 is 0 Å². The van der Waals surface area contributed by atoms with Gasteiger partial charge in [-0.15, -0.1) is 11.3 Å². The number of ether oxygens (including phenoxy) is 1. The van der Waals surface area contributed by atoms with Gasteiger partial charge in [-0.3, -0.25) is 4.68 Å². The monoisotopic (exact) mass is 473 g/mol. The Bertz CT molecular complexity index is 1480. The second-order valence-corrected chi connectivity index (χ2v) is 9.25. The fourth-order valence-electron chi connectivity index (χ4n) is 4.31. The van der Waals surface area contributed by atoms with Gasteiger partial charge in [0.2, 0.25) is 0 Å². The maximum atomic E-state index is 12.6. The van der Waals surface area contributed by atoms with Crippen LogP contribution in [0, 0.1) is 0 Å². The summed E-state index contributed by atoms with van der Waals surface area (Å²) in [7, 11) is 1.91. The van der Waals surface area contributed by atoms with Crippen LogP contribution in [0.4, 0.5) is 10.5 Å². The van der Waals surface area contributed by atoms with Gasteiger partial charge in [-0.1, -0.05) is 12.1 Å². The molecular formula is C24H23N7O2S. The normalized spacial score (nSPS) is 14.3. The van der Waals surface area contributed by atoms with Crippen molar-refractivity contribution in [2.45, 2.75) is 6.61 Å². The molecule has 0 radical (unpaired) electrons. The molecule has 1 saturated heterocycles. The highest BCUT2D eigenvalue weighted by molar-refractivity contribution is 7.16. The minimum absolute atomic E-state index is 0.264. The van der Waals surface area contributed by atoms with E-state index in [-0.39, 0.29) is 12.7 Å². The van der Waals surface area contributed by atoms with E-state index in [4.69, 9.17) is 4.74 Å². The number of fused-ring (bicyclic) bond motifs is 2. The number of piperazine rings is 1. The van der Waals surface area contributed by atoms with Crippen LogP contribution in [0.5, 0.6) is 0 Å². The van der Waals surface area contributed by atoms with Crippen LogP contribution >= 0.6 is 11.3 Å². The Kier molecular flexibility index (Phi) is 5.14. The minimum Gasteiger partial charge on any atom is -0.445 e. The number of benzene rings is 1. The molecule has 34 heavy (non-hydrogen) atoms. The summed E-state index contributed by atoms with van der Waals surface area (Å²) in [6, 6.07) is 10.1. The van der Waals surface area contributed by atoms with Crippen LogP contribution in [0.1, 0.15) is 5.56 Å².